The van der Waals surface area contributed by atoms with Crippen LogP contribution in [0.3, 0.4) is 0 Å². The number of fused-ring (bicyclic) bond motifs is 2. The van der Waals surface area contributed by atoms with E-state index in [4.69, 9.17) is 5.26 Å². The highest BCUT2D eigenvalue weighted by atomic mass is 32.2. The molecule has 158 valence electrons. The quantitative estimate of drug-likeness (QED) is 0.263. The molecule has 0 radical (unpaired) electrons. The molecule has 0 aliphatic carbocycles. The fourth-order valence-corrected chi connectivity index (χ4v) is 5.11. The van der Waals surface area contributed by atoms with Crippen molar-refractivity contribution < 1.29 is 0 Å². The largest absolute Gasteiger partial charge is 0.192 e. The van der Waals surface area contributed by atoms with E-state index in [1.807, 2.05) is 23.9 Å². The molecule has 1 atom stereocenters. The fourth-order valence-electron chi connectivity index (χ4n) is 4.02. The number of rotatable bonds is 6. The monoisotopic (exact) mass is 441 g/mol. The van der Waals surface area contributed by atoms with E-state index in [1.165, 1.54) is 38.2 Å². The average molecular weight is 442 g/mol. The molecule has 5 aromatic carbocycles. The molecule has 0 spiro atoms. The van der Waals surface area contributed by atoms with Crippen LogP contribution in [-0.2, 0) is 5.75 Å². The fraction of sp³-hybridized carbons (Fsp3) is 0.0645. The van der Waals surface area contributed by atoms with Crippen LogP contribution in [0.2, 0.25) is 0 Å². The van der Waals surface area contributed by atoms with Gasteiger partial charge in [0.25, 0.3) is 0 Å². The number of hydrogen-bond acceptors (Lipinski definition) is 2. The van der Waals surface area contributed by atoms with E-state index in [-0.39, 0.29) is 5.25 Å². The third kappa shape index (κ3) is 5.00. The Labute approximate surface area is 199 Å². The lowest BCUT2D eigenvalue weighted by molar-refractivity contribution is 1.23. The maximum Gasteiger partial charge on any atom is 0.0991 e. The lowest BCUT2D eigenvalue weighted by Crippen LogP contribution is -1.93. The third-order valence-electron chi connectivity index (χ3n) is 5.85. The Balaban J connectivity index is 1.44. The molecular weight excluding hydrogens is 418 g/mol. The van der Waals surface area contributed by atoms with Crippen LogP contribution in [0, 0.1) is 11.3 Å². The highest BCUT2D eigenvalue weighted by Gasteiger charge is 2.10. The summed E-state index contributed by atoms with van der Waals surface area (Å²) < 4.78 is 0. The minimum absolute atomic E-state index is 0.219. The topological polar surface area (TPSA) is 23.8 Å². The number of benzene rings is 5. The van der Waals surface area contributed by atoms with Crippen molar-refractivity contribution in [2.24, 2.45) is 0 Å². The van der Waals surface area contributed by atoms with Crippen LogP contribution in [0.4, 0.5) is 0 Å². The minimum Gasteiger partial charge on any atom is -0.192 e. The Morgan fingerprint density at radius 3 is 2.03 bits per heavy atom. The first-order valence-electron chi connectivity index (χ1n) is 11.0. The number of nitriles is 1. The summed E-state index contributed by atoms with van der Waals surface area (Å²) in [7, 11) is 0. The van der Waals surface area contributed by atoms with Crippen molar-refractivity contribution in [1.82, 2.24) is 0 Å². The molecule has 0 saturated carbocycles. The van der Waals surface area contributed by atoms with E-state index < -0.39 is 0 Å². The minimum atomic E-state index is 0.219. The summed E-state index contributed by atoms with van der Waals surface area (Å²) in [5.74, 6) is 0.880. The molecule has 0 saturated heterocycles. The summed E-state index contributed by atoms with van der Waals surface area (Å²) in [5, 5.41) is 14.3. The van der Waals surface area contributed by atoms with Crippen molar-refractivity contribution in [3.63, 3.8) is 0 Å². The predicted molar refractivity (Wildman–Crippen MR) is 142 cm³/mol. The van der Waals surface area contributed by atoms with Crippen molar-refractivity contribution in [3.05, 3.63) is 138 Å². The van der Waals surface area contributed by atoms with Crippen LogP contribution < -0.4 is 0 Å². The Morgan fingerprint density at radius 1 is 0.697 bits per heavy atom. The van der Waals surface area contributed by atoms with Gasteiger partial charge >= 0.3 is 0 Å². The summed E-state index contributed by atoms with van der Waals surface area (Å²) in [6, 6.07) is 40.4. The third-order valence-corrected chi connectivity index (χ3v) is 7.14. The van der Waals surface area contributed by atoms with Gasteiger partial charge in [0, 0.05) is 11.0 Å². The van der Waals surface area contributed by atoms with Crippen LogP contribution in [0.5, 0.6) is 0 Å². The van der Waals surface area contributed by atoms with Crippen molar-refractivity contribution >= 4 is 39.4 Å². The van der Waals surface area contributed by atoms with E-state index in [0.717, 1.165) is 5.75 Å². The predicted octanol–water partition coefficient (Wildman–Crippen LogP) is 8.55. The number of thioether (sulfide) groups is 1. The average Bonchev–Trinajstić information content (AvgIpc) is 2.88. The molecule has 0 aliphatic rings. The van der Waals surface area contributed by atoms with E-state index in [2.05, 4.69) is 115 Å². The van der Waals surface area contributed by atoms with Gasteiger partial charge in [-0.25, -0.2) is 0 Å². The molecule has 1 nitrogen and oxygen atoms in total. The standard InChI is InChI=1S/C31H23NS/c32-21-24-9-11-25(12-10-24)22-33-31(30-17-16-27-6-2-4-8-29(27)20-30)18-14-23-13-15-26-5-1-3-7-28(26)19-23/h1-20,31H,22H2. The lowest BCUT2D eigenvalue weighted by atomic mass is 10.0. The zero-order valence-electron chi connectivity index (χ0n) is 18.2. The van der Waals surface area contributed by atoms with Crippen molar-refractivity contribution in [2.45, 2.75) is 11.0 Å². The van der Waals surface area contributed by atoms with Gasteiger partial charge in [-0.1, -0.05) is 97.1 Å². The maximum atomic E-state index is 9.06. The molecule has 0 amide bonds. The summed E-state index contributed by atoms with van der Waals surface area (Å²) in [4.78, 5) is 0. The van der Waals surface area contributed by atoms with E-state index in [9.17, 15) is 0 Å². The first kappa shape index (κ1) is 21.1. The first-order chi connectivity index (χ1) is 16.3. The molecule has 5 aromatic rings. The second kappa shape index (κ2) is 9.77. The zero-order valence-corrected chi connectivity index (χ0v) is 19.0. The highest BCUT2D eigenvalue weighted by molar-refractivity contribution is 7.98. The van der Waals surface area contributed by atoms with Gasteiger partial charge in [0.15, 0.2) is 0 Å². The highest BCUT2D eigenvalue weighted by Crippen LogP contribution is 2.35. The van der Waals surface area contributed by atoms with E-state index >= 15 is 0 Å². The van der Waals surface area contributed by atoms with Crippen molar-refractivity contribution in [1.29, 1.82) is 5.26 Å². The van der Waals surface area contributed by atoms with E-state index in [0.29, 0.717) is 5.56 Å². The Morgan fingerprint density at radius 2 is 1.33 bits per heavy atom. The van der Waals surface area contributed by atoms with Gasteiger partial charge in [0.05, 0.1) is 11.6 Å². The second-order valence-corrected chi connectivity index (χ2v) is 9.24. The molecular formula is C31H23NS. The van der Waals surface area contributed by atoms with Crippen LogP contribution in [0.25, 0.3) is 27.6 Å². The molecule has 0 heterocycles. The molecule has 2 heteroatoms. The zero-order chi connectivity index (χ0) is 22.5. The van der Waals surface area contributed by atoms with Crippen LogP contribution >= 0.6 is 11.8 Å². The van der Waals surface area contributed by atoms with Crippen LogP contribution in [-0.4, -0.2) is 0 Å². The number of nitrogens with zero attached hydrogens (tertiary/aromatic N) is 1. The summed E-state index contributed by atoms with van der Waals surface area (Å²) in [6.07, 6.45) is 4.54. The first-order valence-corrected chi connectivity index (χ1v) is 12.1. The smallest absolute Gasteiger partial charge is 0.0991 e. The second-order valence-electron chi connectivity index (χ2n) is 8.11. The Kier molecular flexibility index (Phi) is 6.24. The summed E-state index contributed by atoms with van der Waals surface area (Å²) in [5.41, 5.74) is 4.43. The van der Waals surface area contributed by atoms with Crippen molar-refractivity contribution in [2.75, 3.05) is 0 Å². The maximum absolute atomic E-state index is 9.06. The molecule has 1 unspecified atom stereocenters. The molecule has 0 N–H and O–H groups in total. The summed E-state index contributed by atoms with van der Waals surface area (Å²) >= 11 is 1.90. The summed E-state index contributed by atoms with van der Waals surface area (Å²) in [6.45, 7) is 0. The van der Waals surface area contributed by atoms with Crippen molar-refractivity contribution in [3.8, 4) is 6.07 Å². The van der Waals surface area contributed by atoms with E-state index in [1.54, 1.807) is 0 Å². The van der Waals surface area contributed by atoms with Gasteiger partial charge < -0.3 is 0 Å². The molecule has 0 bridgehead atoms. The van der Waals surface area contributed by atoms with Crippen LogP contribution in [0.1, 0.15) is 27.5 Å². The normalized spacial score (nSPS) is 12.2. The van der Waals surface area contributed by atoms with Gasteiger partial charge in [-0.3, -0.25) is 0 Å². The Hall–Kier alpha value is -3.80. The van der Waals surface area contributed by atoms with Gasteiger partial charge in [-0.05, 0) is 62.5 Å². The van der Waals surface area contributed by atoms with Gasteiger partial charge in [-0.15, -0.1) is 11.8 Å². The molecule has 5 rings (SSSR count). The van der Waals surface area contributed by atoms with Gasteiger partial charge in [0.2, 0.25) is 0 Å². The molecule has 33 heavy (non-hydrogen) atoms. The SMILES string of the molecule is N#Cc1ccc(CSC(C=Cc2ccc3ccccc3c2)c2ccc3ccccc3c2)cc1. The molecule has 0 fully saturated rings. The molecule has 0 aromatic heterocycles. The van der Waals surface area contributed by atoms with Gasteiger partial charge in [0.1, 0.15) is 0 Å². The molecule has 0 aliphatic heterocycles. The lowest BCUT2D eigenvalue weighted by Gasteiger charge is -2.15. The van der Waals surface area contributed by atoms with Crippen LogP contribution in [0.15, 0.2) is 115 Å². The number of hydrogen-bond donors (Lipinski definition) is 0. The van der Waals surface area contributed by atoms with Gasteiger partial charge in [-0.2, -0.15) is 5.26 Å². The Bertz CT molecular complexity index is 1470.